The fourth-order valence-corrected chi connectivity index (χ4v) is 3.74. The first-order chi connectivity index (χ1) is 10.1. The average molecular weight is 293 g/mol. The van der Waals surface area contributed by atoms with Gasteiger partial charge >= 0.3 is 0 Å². The summed E-state index contributed by atoms with van der Waals surface area (Å²) in [6, 6.07) is 5.55. The number of benzene rings is 1. The maximum Gasteiger partial charge on any atom is 0.128 e. The van der Waals surface area contributed by atoms with E-state index >= 15 is 0 Å². The smallest absolute Gasteiger partial charge is 0.128 e. The third-order valence-corrected chi connectivity index (χ3v) is 4.87. The van der Waals surface area contributed by atoms with Crippen molar-refractivity contribution in [2.75, 3.05) is 26.9 Å². The van der Waals surface area contributed by atoms with E-state index in [1.54, 1.807) is 6.07 Å². The van der Waals surface area contributed by atoms with E-state index in [1.165, 1.54) is 0 Å². The Bertz CT molecular complexity index is 500. The number of ether oxygens (including phenoxy) is 2. The third-order valence-electron chi connectivity index (χ3n) is 4.87. The number of hydrogen-bond donors (Lipinski definition) is 1. The van der Waals surface area contributed by atoms with Gasteiger partial charge in [0.15, 0.2) is 0 Å². The number of hydrogen-bond acceptors (Lipinski definition) is 3. The van der Waals surface area contributed by atoms with Crippen LogP contribution in [0, 0.1) is 18.7 Å². The van der Waals surface area contributed by atoms with Crippen LogP contribution in [0.15, 0.2) is 18.2 Å². The molecule has 0 aromatic heterocycles. The summed E-state index contributed by atoms with van der Waals surface area (Å²) in [5.41, 5.74) is 1.59. The van der Waals surface area contributed by atoms with Gasteiger partial charge in [-0.3, -0.25) is 0 Å². The predicted molar refractivity (Wildman–Crippen MR) is 79.8 cm³/mol. The Morgan fingerprint density at radius 1 is 1.38 bits per heavy atom. The molecule has 116 valence electrons. The van der Waals surface area contributed by atoms with E-state index in [0.29, 0.717) is 12.5 Å². The Morgan fingerprint density at radius 3 is 2.90 bits per heavy atom. The van der Waals surface area contributed by atoms with Crippen LogP contribution in [0.2, 0.25) is 0 Å². The van der Waals surface area contributed by atoms with E-state index in [2.05, 4.69) is 5.32 Å². The Morgan fingerprint density at radius 2 is 2.24 bits per heavy atom. The quantitative estimate of drug-likeness (QED) is 0.929. The molecular formula is C17H24FNO2. The molecule has 3 unspecified atom stereocenters. The molecule has 3 atom stereocenters. The van der Waals surface area contributed by atoms with E-state index in [4.69, 9.17) is 9.47 Å². The summed E-state index contributed by atoms with van der Waals surface area (Å²) < 4.78 is 25.8. The molecule has 1 aromatic carbocycles. The highest BCUT2D eigenvalue weighted by Crippen LogP contribution is 2.41. The van der Waals surface area contributed by atoms with Gasteiger partial charge in [0.05, 0.1) is 12.2 Å². The monoisotopic (exact) mass is 293 g/mol. The highest BCUT2D eigenvalue weighted by Gasteiger charge is 2.43. The lowest BCUT2D eigenvalue weighted by Gasteiger charge is -2.40. The van der Waals surface area contributed by atoms with Crippen molar-refractivity contribution in [1.29, 1.82) is 0 Å². The molecule has 0 radical (unpaired) electrons. The molecule has 0 bridgehead atoms. The number of nitrogens with one attached hydrogen (secondary N) is 1. The van der Waals surface area contributed by atoms with Crippen LogP contribution in [-0.4, -0.2) is 32.5 Å². The van der Waals surface area contributed by atoms with Crippen molar-refractivity contribution in [3.05, 3.63) is 35.1 Å². The van der Waals surface area contributed by atoms with Crippen molar-refractivity contribution in [3.63, 3.8) is 0 Å². The van der Waals surface area contributed by atoms with Crippen molar-refractivity contribution in [3.8, 4) is 0 Å². The van der Waals surface area contributed by atoms with Gasteiger partial charge in [0.25, 0.3) is 0 Å². The van der Waals surface area contributed by atoms with E-state index in [9.17, 15) is 4.39 Å². The fourth-order valence-electron chi connectivity index (χ4n) is 3.74. The van der Waals surface area contributed by atoms with Gasteiger partial charge in [-0.2, -0.15) is 0 Å². The van der Waals surface area contributed by atoms with Gasteiger partial charge in [-0.05, 0) is 44.4 Å². The van der Waals surface area contributed by atoms with Gasteiger partial charge in [0, 0.05) is 31.2 Å². The molecule has 3 nitrogen and oxygen atoms in total. The highest BCUT2D eigenvalue weighted by atomic mass is 19.1. The number of aryl methyl sites for hydroxylation is 1. The Hall–Kier alpha value is -0.970. The lowest BCUT2D eigenvalue weighted by molar-refractivity contribution is -0.103. The maximum atomic E-state index is 14.3. The van der Waals surface area contributed by atoms with Crippen LogP contribution in [0.4, 0.5) is 4.39 Å². The zero-order valence-corrected chi connectivity index (χ0v) is 12.8. The second kappa shape index (κ2) is 6.03. The molecule has 2 aliphatic heterocycles. The summed E-state index contributed by atoms with van der Waals surface area (Å²) in [5.74, 6) is 0.264. The molecule has 1 aromatic rings. The lowest BCUT2D eigenvalue weighted by Crippen LogP contribution is -2.43. The molecule has 1 spiro atoms. The zero-order valence-electron chi connectivity index (χ0n) is 12.8. The van der Waals surface area contributed by atoms with Gasteiger partial charge in [-0.25, -0.2) is 4.39 Å². The molecule has 0 aliphatic carbocycles. The van der Waals surface area contributed by atoms with E-state index in [0.717, 1.165) is 43.6 Å². The van der Waals surface area contributed by atoms with Crippen LogP contribution >= 0.6 is 0 Å². The van der Waals surface area contributed by atoms with Crippen molar-refractivity contribution in [2.24, 2.45) is 5.92 Å². The molecule has 2 heterocycles. The number of halogens is 1. The van der Waals surface area contributed by atoms with E-state index in [1.807, 2.05) is 26.1 Å². The first kappa shape index (κ1) is 14.9. The van der Waals surface area contributed by atoms with Crippen LogP contribution in [-0.2, 0) is 9.47 Å². The topological polar surface area (TPSA) is 30.5 Å². The third kappa shape index (κ3) is 2.98. The number of rotatable bonds is 3. The lowest BCUT2D eigenvalue weighted by atomic mass is 9.79. The second-order valence-electron chi connectivity index (χ2n) is 6.38. The van der Waals surface area contributed by atoms with E-state index in [-0.39, 0.29) is 17.5 Å². The SMILES string of the molecule is CNC(c1ccc(C)cc1F)C1CCOC2(CCOC2)C1. The normalized spacial score (nSPS) is 30.7. The minimum Gasteiger partial charge on any atom is -0.378 e. The summed E-state index contributed by atoms with van der Waals surface area (Å²) in [5, 5.41) is 3.32. The molecule has 0 saturated carbocycles. The van der Waals surface area contributed by atoms with Crippen LogP contribution in [0.25, 0.3) is 0 Å². The molecule has 2 aliphatic rings. The summed E-state index contributed by atoms with van der Waals surface area (Å²) in [6.07, 6.45) is 2.85. The van der Waals surface area contributed by atoms with Crippen molar-refractivity contribution < 1.29 is 13.9 Å². The second-order valence-corrected chi connectivity index (χ2v) is 6.38. The first-order valence-electron chi connectivity index (χ1n) is 7.79. The standard InChI is InChI=1S/C17H24FNO2/c1-12-3-4-14(15(18)9-12)16(19-2)13-5-7-21-17(10-13)6-8-20-11-17/h3-4,9,13,16,19H,5-8,10-11H2,1-2H3. The van der Waals surface area contributed by atoms with Crippen LogP contribution in [0.1, 0.15) is 36.4 Å². The Labute approximate surface area is 125 Å². The molecule has 2 saturated heterocycles. The van der Waals surface area contributed by atoms with Gasteiger partial charge in [-0.15, -0.1) is 0 Å². The van der Waals surface area contributed by atoms with Crippen molar-refractivity contribution >= 4 is 0 Å². The van der Waals surface area contributed by atoms with Crippen LogP contribution in [0.5, 0.6) is 0 Å². The first-order valence-corrected chi connectivity index (χ1v) is 7.79. The minimum atomic E-state index is -0.140. The van der Waals surface area contributed by atoms with Gasteiger partial charge < -0.3 is 14.8 Å². The molecule has 0 amide bonds. The van der Waals surface area contributed by atoms with Gasteiger partial charge in [-0.1, -0.05) is 12.1 Å². The summed E-state index contributed by atoms with van der Waals surface area (Å²) in [4.78, 5) is 0. The Kier molecular flexibility index (Phi) is 4.29. The molecule has 2 fully saturated rings. The van der Waals surface area contributed by atoms with Crippen LogP contribution < -0.4 is 5.32 Å². The van der Waals surface area contributed by atoms with Gasteiger partial charge in [0.2, 0.25) is 0 Å². The molecule has 4 heteroatoms. The minimum absolute atomic E-state index is 0.0342. The van der Waals surface area contributed by atoms with Crippen LogP contribution in [0.3, 0.4) is 0 Å². The summed E-state index contributed by atoms with van der Waals surface area (Å²) in [7, 11) is 1.91. The molecule has 21 heavy (non-hydrogen) atoms. The maximum absolute atomic E-state index is 14.3. The average Bonchev–Trinajstić information content (AvgIpc) is 2.90. The van der Waals surface area contributed by atoms with Gasteiger partial charge in [0.1, 0.15) is 5.82 Å². The van der Waals surface area contributed by atoms with E-state index < -0.39 is 0 Å². The molecule has 1 N–H and O–H groups in total. The largest absolute Gasteiger partial charge is 0.378 e. The summed E-state index contributed by atoms with van der Waals surface area (Å²) >= 11 is 0. The molecule has 3 rings (SSSR count). The molecular weight excluding hydrogens is 269 g/mol. The Balaban J connectivity index is 1.82. The highest BCUT2D eigenvalue weighted by molar-refractivity contribution is 5.27. The summed E-state index contributed by atoms with van der Waals surface area (Å²) in [6.45, 7) is 4.10. The fraction of sp³-hybridized carbons (Fsp3) is 0.647. The van der Waals surface area contributed by atoms with Crippen molar-refractivity contribution in [1.82, 2.24) is 5.32 Å². The zero-order chi connectivity index (χ0) is 14.9. The predicted octanol–water partition coefficient (Wildman–Crippen LogP) is 2.98. The van der Waals surface area contributed by atoms with Crippen molar-refractivity contribution in [2.45, 2.75) is 37.8 Å².